The van der Waals surface area contributed by atoms with Crippen LogP contribution in [0.3, 0.4) is 0 Å². The minimum Gasteiger partial charge on any atom is -0.297 e. The Morgan fingerprint density at radius 1 is 0.938 bits per heavy atom. The summed E-state index contributed by atoms with van der Waals surface area (Å²) in [5, 5.41) is -1.04. The van der Waals surface area contributed by atoms with E-state index < -0.39 is 42.5 Å². The van der Waals surface area contributed by atoms with E-state index >= 15 is 0 Å². The Balaban J connectivity index is 1.42. The van der Waals surface area contributed by atoms with E-state index in [1.54, 1.807) is 0 Å². The predicted molar refractivity (Wildman–Crippen MR) is 123 cm³/mol. The largest absolute Gasteiger partial charge is 0.297 e. The third-order valence-corrected chi connectivity index (χ3v) is 10.3. The summed E-state index contributed by atoms with van der Waals surface area (Å²) in [6.07, 6.45) is 4.17. The summed E-state index contributed by atoms with van der Waals surface area (Å²) in [5.74, 6) is -1.08. The molecule has 172 valence electrons. The van der Waals surface area contributed by atoms with E-state index in [4.69, 9.17) is 0 Å². The minimum atomic E-state index is -3.90. The van der Waals surface area contributed by atoms with Crippen molar-refractivity contribution in [3.05, 3.63) is 72.1 Å². The van der Waals surface area contributed by atoms with Crippen LogP contribution in [-0.2, 0) is 19.7 Å². The van der Waals surface area contributed by atoms with Gasteiger partial charge in [-0.15, -0.1) is 0 Å². The summed E-state index contributed by atoms with van der Waals surface area (Å²) in [7, 11) is -7.37. The standard InChI is InChI=1S/C23H27FN2O4S2/c24-20-8-10-21(11-9-20)32(29,30)23-18-31(27,28)17-22(23)26-15-13-25(14-16-26)12-4-7-19-5-2-1-3-6-19/h1-11,22-23H,12-18H2/b7-4+/t22-,23-/m0/s1. The molecule has 9 heteroatoms. The van der Waals surface area contributed by atoms with E-state index in [1.807, 2.05) is 35.2 Å². The average Bonchev–Trinajstić information content (AvgIpc) is 3.12. The average molecular weight is 479 g/mol. The quantitative estimate of drug-likeness (QED) is 0.592. The number of hydrogen-bond acceptors (Lipinski definition) is 6. The van der Waals surface area contributed by atoms with Crippen LogP contribution in [0.15, 0.2) is 65.6 Å². The van der Waals surface area contributed by atoms with Crippen LogP contribution in [-0.4, -0.2) is 82.2 Å². The normalized spacial score (nSPS) is 24.8. The third-order valence-electron chi connectivity index (χ3n) is 6.16. The third kappa shape index (κ3) is 5.28. The van der Waals surface area contributed by atoms with Crippen LogP contribution in [0.2, 0.25) is 0 Å². The SMILES string of the molecule is O=S1(=O)C[C@H](N2CCN(C/C=C/c3ccccc3)CC2)[C@@H](S(=O)(=O)c2ccc(F)cc2)C1. The zero-order valence-electron chi connectivity index (χ0n) is 17.7. The van der Waals surface area contributed by atoms with Crippen LogP contribution in [0.25, 0.3) is 6.08 Å². The Hall–Kier alpha value is -2.07. The maximum Gasteiger partial charge on any atom is 0.183 e. The molecule has 2 atom stereocenters. The molecule has 0 aromatic heterocycles. The molecule has 2 aromatic carbocycles. The van der Waals surface area contributed by atoms with Gasteiger partial charge in [0.25, 0.3) is 0 Å². The van der Waals surface area contributed by atoms with Crippen molar-refractivity contribution in [2.24, 2.45) is 0 Å². The molecule has 2 heterocycles. The molecule has 32 heavy (non-hydrogen) atoms. The highest BCUT2D eigenvalue weighted by atomic mass is 32.2. The lowest BCUT2D eigenvalue weighted by molar-refractivity contribution is 0.113. The lowest BCUT2D eigenvalue weighted by Gasteiger charge is -2.39. The number of hydrogen-bond donors (Lipinski definition) is 0. The number of nitrogens with zero attached hydrogens (tertiary/aromatic N) is 2. The van der Waals surface area contributed by atoms with Gasteiger partial charge < -0.3 is 0 Å². The van der Waals surface area contributed by atoms with Gasteiger partial charge in [-0.3, -0.25) is 9.80 Å². The predicted octanol–water partition coefficient (Wildman–Crippen LogP) is 2.10. The van der Waals surface area contributed by atoms with E-state index in [9.17, 15) is 21.2 Å². The lowest BCUT2D eigenvalue weighted by Crippen LogP contribution is -2.54. The monoisotopic (exact) mass is 478 g/mol. The van der Waals surface area contributed by atoms with Gasteiger partial charge >= 0.3 is 0 Å². The van der Waals surface area contributed by atoms with E-state index in [2.05, 4.69) is 17.1 Å². The first-order chi connectivity index (χ1) is 15.2. The van der Waals surface area contributed by atoms with Crippen LogP contribution in [0.4, 0.5) is 4.39 Å². The molecule has 0 bridgehead atoms. The molecule has 0 unspecified atom stereocenters. The van der Waals surface area contributed by atoms with Crippen molar-refractivity contribution < 1.29 is 21.2 Å². The number of halogens is 1. The molecule has 2 saturated heterocycles. The molecule has 2 aliphatic heterocycles. The van der Waals surface area contributed by atoms with Crippen LogP contribution in [0.5, 0.6) is 0 Å². The summed E-state index contributed by atoms with van der Waals surface area (Å²) in [4.78, 5) is 4.23. The van der Waals surface area contributed by atoms with Gasteiger partial charge in [0, 0.05) is 38.8 Å². The fraction of sp³-hybridized carbons (Fsp3) is 0.391. The highest BCUT2D eigenvalue weighted by molar-refractivity contribution is 7.96. The summed E-state index contributed by atoms with van der Waals surface area (Å²) in [5.41, 5.74) is 1.14. The number of piperazine rings is 1. The van der Waals surface area contributed by atoms with Crippen molar-refractivity contribution in [2.75, 3.05) is 44.2 Å². The molecular weight excluding hydrogens is 451 g/mol. The van der Waals surface area contributed by atoms with Crippen molar-refractivity contribution in [3.63, 3.8) is 0 Å². The molecule has 0 aliphatic carbocycles. The maximum atomic E-state index is 13.3. The van der Waals surface area contributed by atoms with Gasteiger partial charge in [-0.05, 0) is 29.8 Å². The van der Waals surface area contributed by atoms with Crippen LogP contribution in [0.1, 0.15) is 5.56 Å². The van der Waals surface area contributed by atoms with Gasteiger partial charge in [-0.2, -0.15) is 0 Å². The minimum absolute atomic E-state index is 0.0318. The maximum absolute atomic E-state index is 13.3. The van der Waals surface area contributed by atoms with E-state index in [0.717, 1.165) is 37.3 Å². The Morgan fingerprint density at radius 3 is 2.25 bits per heavy atom. The molecule has 2 aromatic rings. The molecule has 2 aliphatic rings. The second kappa shape index (κ2) is 9.43. The van der Waals surface area contributed by atoms with Crippen LogP contribution < -0.4 is 0 Å². The summed E-state index contributed by atoms with van der Waals surface area (Å²) in [6, 6.07) is 14.1. The topological polar surface area (TPSA) is 74.8 Å². The second-order valence-electron chi connectivity index (χ2n) is 8.33. The van der Waals surface area contributed by atoms with Gasteiger partial charge in [0.05, 0.1) is 21.7 Å². The zero-order valence-corrected chi connectivity index (χ0v) is 19.3. The molecular formula is C23H27FN2O4S2. The van der Waals surface area contributed by atoms with Crippen molar-refractivity contribution in [1.82, 2.24) is 9.80 Å². The molecule has 0 spiro atoms. The highest BCUT2D eigenvalue weighted by Crippen LogP contribution is 2.29. The highest BCUT2D eigenvalue weighted by Gasteiger charge is 2.48. The zero-order chi connectivity index (χ0) is 22.8. The van der Waals surface area contributed by atoms with E-state index in [-0.39, 0.29) is 10.6 Å². The second-order valence-corrected chi connectivity index (χ2v) is 12.7. The van der Waals surface area contributed by atoms with Gasteiger partial charge in [0.1, 0.15) is 5.82 Å². The molecule has 4 rings (SSSR count). The molecule has 0 amide bonds. The van der Waals surface area contributed by atoms with Crippen molar-refractivity contribution in [2.45, 2.75) is 16.2 Å². The van der Waals surface area contributed by atoms with Crippen LogP contribution in [0, 0.1) is 5.82 Å². The first-order valence-corrected chi connectivity index (χ1v) is 14.0. The van der Waals surface area contributed by atoms with Crippen molar-refractivity contribution >= 4 is 25.8 Å². The molecule has 0 radical (unpaired) electrons. The summed E-state index contributed by atoms with van der Waals surface area (Å²) >= 11 is 0. The Kier molecular flexibility index (Phi) is 6.80. The summed E-state index contributed by atoms with van der Waals surface area (Å²) in [6.45, 7) is 3.46. The molecule has 6 nitrogen and oxygen atoms in total. The number of benzene rings is 2. The van der Waals surface area contributed by atoms with Crippen LogP contribution >= 0.6 is 0 Å². The molecule has 0 saturated carbocycles. The van der Waals surface area contributed by atoms with Gasteiger partial charge in [-0.25, -0.2) is 21.2 Å². The first kappa shape index (κ1) is 23.1. The summed E-state index contributed by atoms with van der Waals surface area (Å²) < 4.78 is 64.4. The number of sulfone groups is 2. The first-order valence-electron chi connectivity index (χ1n) is 10.6. The number of rotatable bonds is 6. The lowest BCUT2D eigenvalue weighted by atomic mass is 10.1. The Bertz CT molecular complexity index is 1160. The van der Waals surface area contributed by atoms with Crippen molar-refractivity contribution in [3.8, 4) is 0 Å². The molecule has 0 N–H and O–H groups in total. The van der Waals surface area contributed by atoms with E-state index in [1.165, 1.54) is 12.1 Å². The van der Waals surface area contributed by atoms with Gasteiger partial charge in [-0.1, -0.05) is 42.5 Å². The molecule has 2 fully saturated rings. The van der Waals surface area contributed by atoms with Crippen molar-refractivity contribution in [1.29, 1.82) is 0 Å². The van der Waals surface area contributed by atoms with Gasteiger partial charge in [0.2, 0.25) is 0 Å². The van der Waals surface area contributed by atoms with E-state index in [0.29, 0.717) is 13.1 Å². The fourth-order valence-electron chi connectivity index (χ4n) is 4.41. The smallest absolute Gasteiger partial charge is 0.183 e. The fourth-order valence-corrected chi connectivity index (χ4v) is 9.24. The van der Waals surface area contributed by atoms with Gasteiger partial charge in [0.15, 0.2) is 19.7 Å². The Labute approximate surface area is 189 Å². The Morgan fingerprint density at radius 2 is 1.59 bits per heavy atom.